The largest absolute Gasteiger partial charge is 0.756 e. The van der Waals surface area contributed by atoms with Gasteiger partial charge in [-0.3, -0.25) is 22.6 Å². The first-order valence-electron chi connectivity index (χ1n) is 14.7. The number of nitrogens with zero attached hydrogens (tertiary/aromatic N) is 8. The zero-order valence-electron chi connectivity index (χ0n) is 26.9. The van der Waals surface area contributed by atoms with Gasteiger partial charge in [-0.05, 0) is 12.5 Å². The van der Waals surface area contributed by atoms with Crippen LogP contribution in [-0.2, 0) is 40.8 Å². The standard InChI is InChI=1S/C22H30BN10O15P3S2/c1-52-21-28-15(24)9-17(30-21)32(5-26-9)19-13(36)11(34)7(45-19)3-43-49(23,38)47-51(41,42)48-50(39,40)44-4-8-12(35)14(37)20(46-8)33-6-27-10-16(25)29-22(53-2)31-18(10)33/h5-8,11-14,19-20,34-37H,3-4H2,1-2H3,(H,39,40)(H,41,42)(H2,24,28,30)(H2,25,29,31)/q-1/p-2/t7-,8-,11-,12-,13-,14-,19-,20-,49+/m1/s1. The van der Waals surface area contributed by atoms with Crippen LogP contribution in [0.2, 0.25) is 0 Å². The van der Waals surface area contributed by atoms with Gasteiger partial charge in [-0.1, -0.05) is 23.5 Å². The first-order chi connectivity index (χ1) is 24.8. The molecule has 6 rings (SSSR count). The topological polar surface area (TPSA) is 373 Å². The molecule has 289 valence electrons. The molecule has 2 aliphatic heterocycles. The van der Waals surface area contributed by atoms with E-state index in [9.17, 15) is 43.9 Å². The minimum absolute atomic E-state index is 0.0236. The molecule has 0 saturated carbocycles. The van der Waals surface area contributed by atoms with Gasteiger partial charge in [0.05, 0.1) is 33.3 Å². The van der Waals surface area contributed by atoms with Crippen molar-refractivity contribution in [3.63, 3.8) is 0 Å². The molecule has 25 nitrogen and oxygen atoms in total. The molecule has 31 heteroatoms. The Morgan fingerprint density at radius 2 is 1.19 bits per heavy atom. The molecule has 6 heterocycles. The summed E-state index contributed by atoms with van der Waals surface area (Å²) in [4.78, 5) is 49.6. The number of fused-ring (bicyclic) bond motifs is 2. The van der Waals surface area contributed by atoms with Gasteiger partial charge in [0.2, 0.25) is 0 Å². The minimum atomic E-state index is -6.15. The number of rotatable bonds is 14. The normalized spacial score (nSPS) is 29.8. The van der Waals surface area contributed by atoms with Crippen LogP contribution in [0.3, 0.4) is 0 Å². The third kappa shape index (κ3) is 8.44. The molecule has 4 aromatic heterocycles. The van der Waals surface area contributed by atoms with Gasteiger partial charge in [0, 0.05) is 0 Å². The predicted octanol–water partition coefficient (Wildman–Crippen LogP) is -2.21. The number of anilines is 2. The number of nitrogen functional groups attached to an aromatic ring is 2. The second kappa shape index (κ2) is 15.3. The number of hydrogen-bond acceptors (Lipinski definition) is 25. The van der Waals surface area contributed by atoms with E-state index >= 15 is 0 Å². The van der Waals surface area contributed by atoms with E-state index in [2.05, 4.69) is 43.0 Å². The van der Waals surface area contributed by atoms with Crippen LogP contribution >= 0.6 is 46.6 Å². The lowest BCUT2D eigenvalue weighted by atomic mass is 10.1. The summed E-state index contributed by atoms with van der Waals surface area (Å²) >= 11 is 2.33. The summed E-state index contributed by atoms with van der Waals surface area (Å²) in [6.45, 7) is -2.03. The van der Waals surface area contributed by atoms with Gasteiger partial charge in [0.25, 0.3) is 15.6 Å². The van der Waals surface area contributed by atoms with Crippen LogP contribution in [0.1, 0.15) is 12.5 Å². The van der Waals surface area contributed by atoms with E-state index in [4.69, 9.17) is 33.0 Å². The molecular weight excluding hydrogens is 812 g/mol. The number of phosphoric acid groups is 2. The van der Waals surface area contributed by atoms with Gasteiger partial charge in [0.1, 0.15) is 47.7 Å². The van der Waals surface area contributed by atoms with Crippen molar-refractivity contribution < 1.29 is 71.1 Å². The summed E-state index contributed by atoms with van der Waals surface area (Å²) in [5.74, 6) is 0.0586. The average molecular weight is 840 g/mol. The van der Waals surface area contributed by atoms with Crippen molar-refractivity contribution in [2.45, 2.75) is 59.4 Å². The van der Waals surface area contributed by atoms with E-state index in [1.54, 1.807) is 12.5 Å². The maximum Gasteiger partial charge on any atom is 0.279 e. The number of aromatic nitrogens is 8. The number of thioether (sulfide) groups is 2. The average Bonchev–Trinajstić information content (AvgIpc) is 3.83. The highest BCUT2D eigenvalue weighted by Crippen LogP contribution is 2.64. The lowest BCUT2D eigenvalue weighted by Crippen LogP contribution is -2.34. The summed E-state index contributed by atoms with van der Waals surface area (Å²) in [6.07, 6.45) is -6.85. The van der Waals surface area contributed by atoms with Crippen LogP contribution in [0, 0.1) is 0 Å². The second-order valence-corrected chi connectivity index (χ2v) is 17.4. The van der Waals surface area contributed by atoms with E-state index in [1.807, 2.05) is 0 Å². The quantitative estimate of drug-likeness (QED) is 0.0339. The van der Waals surface area contributed by atoms with Gasteiger partial charge in [0.15, 0.2) is 45.7 Å². The summed E-state index contributed by atoms with van der Waals surface area (Å²) in [6, 6.07) is 0. The highest BCUT2D eigenvalue weighted by Gasteiger charge is 2.46. The molecule has 4 aromatic rings. The van der Waals surface area contributed by atoms with Crippen LogP contribution < -0.4 is 21.3 Å². The molecule has 3 radical (unpaired) electrons. The summed E-state index contributed by atoms with van der Waals surface area (Å²) in [5, 5.41) is 42.9. The third-order valence-electron chi connectivity index (χ3n) is 7.67. The fourth-order valence-electron chi connectivity index (χ4n) is 5.25. The van der Waals surface area contributed by atoms with Gasteiger partial charge in [-0.15, -0.1) is 0 Å². The first-order valence-corrected chi connectivity index (χ1v) is 21.7. The number of phosphoric ester groups is 1. The zero-order chi connectivity index (χ0) is 38.6. The summed E-state index contributed by atoms with van der Waals surface area (Å²) < 4.78 is 68.6. The van der Waals surface area contributed by atoms with Crippen molar-refractivity contribution in [2.75, 3.05) is 37.2 Å². The summed E-state index contributed by atoms with van der Waals surface area (Å²) in [7, 11) is -11.9. The molecule has 2 unspecified atom stereocenters. The van der Waals surface area contributed by atoms with Crippen LogP contribution in [0.4, 0.5) is 11.6 Å². The lowest BCUT2D eigenvalue weighted by molar-refractivity contribution is -0.241. The molecule has 2 aliphatic rings. The Bertz CT molecular complexity index is 2010. The third-order valence-corrected chi connectivity index (χ3v) is 13.1. The van der Waals surface area contributed by atoms with Gasteiger partial charge < -0.3 is 72.3 Å². The maximum atomic E-state index is 12.7. The molecule has 0 bridgehead atoms. The van der Waals surface area contributed by atoms with Crippen molar-refractivity contribution >= 4 is 88.2 Å². The first kappa shape index (κ1) is 40.3. The van der Waals surface area contributed by atoms with Crippen LogP contribution in [0.5, 0.6) is 0 Å². The van der Waals surface area contributed by atoms with Crippen LogP contribution in [0.25, 0.3) is 22.3 Å². The zero-order valence-corrected chi connectivity index (χ0v) is 31.3. The van der Waals surface area contributed by atoms with E-state index in [1.165, 1.54) is 33.6 Å². The molecular formula is C22H28BN10O15P3S2-3. The second-order valence-electron chi connectivity index (χ2n) is 11.1. The van der Waals surface area contributed by atoms with Crippen LogP contribution in [0.15, 0.2) is 23.0 Å². The Kier molecular flexibility index (Phi) is 11.7. The Balaban J connectivity index is 1.04. The smallest absolute Gasteiger partial charge is 0.279 e. The number of nitrogens with two attached hydrogens (primary N) is 2. The number of imidazole rings is 2. The van der Waals surface area contributed by atoms with Gasteiger partial charge in [-0.25, -0.2) is 34.2 Å². The molecule has 2 saturated heterocycles. The minimum Gasteiger partial charge on any atom is -0.756 e. The van der Waals surface area contributed by atoms with E-state index in [0.717, 1.165) is 11.8 Å². The molecule has 0 aliphatic carbocycles. The van der Waals surface area contributed by atoms with Gasteiger partial charge >= 0.3 is 0 Å². The van der Waals surface area contributed by atoms with E-state index < -0.39 is 85.4 Å². The van der Waals surface area contributed by atoms with Crippen molar-refractivity contribution in [3.8, 4) is 0 Å². The molecule has 0 aromatic carbocycles. The Hall–Kier alpha value is -2.33. The lowest BCUT2D eigenvalue weighted by Gasteiger charge is -2.36. The van der Waals surface area contributed by atoms with Gasteiger partial charge in [-0.2, -0.15) is 0 Å². The Labute approximate surface area is 306 Å². The van der Waals surface area contributed by atoms with Crippen LogP contribution in [-0.4, -0.2) is 129 Å². The van der Waals surface area contributed by atoms with Crippen molar-refractivity contribution in [1.29, 1.82) is 0 Å². The Morgan fingerprint density at radius 3 is 1.62 bits per heavy atom. The van der Waals surface area contributed by atoms with E-state index in [0.29, 0.717) is 0 Å². The predicted molar refractivity (Wildman–Crippen MR) is 178 cm³/mol. The highest BCUT2D eigenvalue weighted by molar-refractivity contribution is 7.98. The number of aliphatic hydroxyl groups excluding tert-OH is 4. The monoisotopic (exact) mass is 840 g/mol. The molecule has 0 amide bonds. The van der Waals surface area contributed by atoms with Crippen molar-refractivity contribution in [1.82, 2.24) is 39.0 Å². The number of ether oxygens (including phenoxy) is 2. The molecule has 0 spiro atoms. The van der Waals surface area contributed by atoms with Crippen molar-refractivity contribution in [2.24, 2.45) is 0 Å². The molecule has 8 N–H and O–H groups in total. The SMILES string of the molecule is [B-][P@](=O)(OC[C@H]1O[C@@H](n2cnc3c(N)nc(SC)nc32)[C@H](O)[C@@H]1O)OP(=O)([O-])OP(=O)([O-])OC[C@H]1O[C@@H](n2cnc3c(N)nc(SC)nc32)[C@H](O)[C@@H]1O. The Morgan fingerprint density at radius 1 is 0.755 bits per heavy atom. The number of aliphatic hydroxyl groups is 4. The highest BCUT2D eigenvalue weighted by atomic mass is 32.2. The number of hydrogen-bond donors (Lipinski definition) is 6. The molecule has 53 heavy (non-hydrogen) atoms. The maximum absolute atomic E-state index is 12.7. The molecule has 11 atom stereocenters. The summed E-state index contributed by atoms with van der Waals surface area (Å²) in [5.41, 5.74) is 12.4. The molecule has 2 fully saturated rings. The fourth-order valence-corrected chi connectivity index (χ4v) is 9.53. The van der Waals surface area contributed by atoms with Crippen molar-refractivity contribution in [3.05, 3.63) is 12.7 Å². The van der Waals surface area contributed by atoms with E-state index in [-0.39, 0.29) is 44.3 Å². The fraction of sp³-hybridized carbons (Fsp3) is 0.545.